The predicted octanol–water partition coefficient (Wildman–Crippen LogP) is 3.89. The second-order valence-corrected chi connectivity index (χ2v) is 7.39. The number of amides is 2. The van der Waals surface area contributed by atoms with E-state index in [2.05, 4.69) is 0 Å². The Morgan fingerprint density at radius 1 is 0.871 bits per heavy atom. The third-order valence-electron chi connectivity index (χ3n) is 5.66. The second-order valence-electron chi connectivity index (χ2n) is 7.39. The molecule has 2 aliphatic rings. The van der Waals surface area contributed by atoms with E-state index in [1.807, 2.05) is 18.2 Å². The van der Waals surface area contributed by atoms with Crippen molar-refractivity contribution in [3.63, 3.8) is 0 Å². The number of ether oxygens (including phenoxy) is 1. The lowest BCUT2D eigenvalue weighted by molar-refractivity contribution is -0.126. The van der Waals surface area contributed by atoms with Gasteiger partial charge < -0.3 is 4.74 Å². The highest BCUT2D eigenvalue weighted by Crippen LogP contribution is 2.48. The van der Waals surface area contributed by atoms with E-state index in [9.17, 15) is 14.0 Å². The van der Waals surface area contributed by atoms with Crippen LogP contribution in [-0.2, 0) is 14.4 Å². The van der Waals surface area contributed by atoms with Crippen LogP contribution in [0.4, 0.5) is 15.8 Å². The van der Waals surface area contributed by atoms with Gasteiger partial charge in [-0.05, 0) is 30.3 Å². The number of nitrogens with zero attached hydrogens (tertiary/aromatic N) is 2. The van der Waals surface area contributed by atoms with Gasteiger partial charge in [-0.25, -0.2) is 14.4 Å². The molecule has 0 N–H and O–H groups in total. The minimum atomic E-state index is -1.05. The van der Waals surface area contributed by atoms with E-state index in [0.29, 0.717) is 22.7 Å². The molecular weight excluding hydrogens is 399 g/mol. The molecule has 5 rings (SSSR count). The number of halogens is 1. The zero-order chi connectivity index (χ0) is 21.5. The number of para-hydroxylation sites is 1. The van der Waals surface area contributed by atoms with E-state index in [4.69, 9.17) is 9.57 Å². The first kappa shape index (κ1) is 19.3. The summed E-state index contributed by atoms with van der Waals surface area (Å²) in [4.78, 5) is 33.9. The van der Waals surface area contributed by atoms with E-state index in [0.717, 1.165) is 4.90 Å². The number of benzene rings is 3. The van der Waals surface area contributed by atoms with Gasteiger partial charge >= 0.3 is 0 Å². The molecule has 31 heavy (non-hydrogen) atoms. The number of hydrogen-bond acceptors (Lipinski definition) is 5. The Balaban J connectivity index is 1.60. The number of methoxy groups -OCH3 is 1. The summed E-state index contributed by atoms with van der Waals surface area (Å²) < 4.78 is 20.0. The highest BCUT2D eigenvalue weighted by Gasteiger charge is 2.60. The summed E-state index contributed by atoms with van der Waals surface area (Å²) in [7, 11) is 1.51. The van der Waals surface area contributed by atoms with Crippen molar-refractivity contribution in [1.82, 2.24) is 0 Å². The van der Waals surface area contributed by atoms with Crippen molar-refractivity contribution in [3.8, 4) is 5.75 Å². The smallest absolute Gasteiger partial charge is 0.266 e. The Bertz CT molecular complexity index is 1150. The molecule has 2 amide bonds. The average molecular weight is 418 g/mol. The van der Waals surface area contributed by atoms with Crippen LogP contribution in [-0.4, -0.2) is 25.0 Å². The number of imide groups is 1. The van der Waals surface area contributed by atoms with Gasteiger partial charge in [0.15, 0.2) is 6.10 Å². The fraction of sp³-hybridized carbons (Fsp3) is 0.167. The molecule has 0 saturated carbocycles. The summed E-state index contributed by atoms with van der Waals surface area (Å²) in [6, 6.07) is 21.2. The van der Waals surface area contributed by atoms with E-state index in [1.54, 1.807) is 54.6 Å². The Kier molecular flexibility index (Phi) is 4.67. The molecule has 7 heteroatoms. The van der Waals surface area contributed by atoms with Crippen LogP contribution in [0.2, 0.25) is 0 Å². The molecule has 0 spiro atoms. The Morgan fingerprint density at radius 2 is 1.58 bits per heavy atom. The van der Waals surface area contributed by atoms with E-state index in [-0.39, 0.29) is 0 Å². The first-order chi connectivity index (χ1) is 15.1. The fourth-order valence-electron chi connectivity index (χ4n) is 4.25. The van der Waals surface area contributed by atoms with Gasteiger partial charge in [0.1, 0.15) is 17.5 Å². The van der Waals surface area contributed by atoms with Crippen LogP contribution in [0.5, 0.6) is 5.75 Å². The number of carbonyl (C=O) groups excluding carboxylic acids is 2. The monoisotopic (exact) mass is 418 g/mol. The van der Waals surface area contributed by atoms with E-state index >= 15 is 0 Å². The topological polar surface area (TPSA) is 59.1 Å². The van der Waals surface area contributed by atoms with Crippen molar-refractivity contribution in [3.05, 3.63) is 90.2 Å². The Labute approximate surface area is 178 Å². The van der Waals surface area contributed by atoms with Gasteiger partial charge in [-0.1, -0.05) is 42.5 Å². The fourth-order valence-corrected chi connectivity index (χ4v) is 4.25. The maximum Gasteiger partial charge on any atom is 0.266 e. The van der Waals surface area contributed by atoms with Gasteiger partial charge in [0, 0.05) is 11.6 Å². The Morgan fingerprint density at radius 3 is 2.32 bits per heavy atom. The number of hydrogen-bond donors (Lipinski definition) is 0. The molecule has 0 unspecified atom stereocenters. The van der Waals surface area contributed by atoms with Gasteiger partial charge in [0.25, 0.3) is 5.91 Å². The van der Waals surface area contributed by atoms with Gasteiger partial charge in [-0.15, -0.1) is 0 Å². The van der Waals surface area contributed by atoms with Crippen LogP contribution < -0.4 is 14.7 Å². The standard InChI is InChI=1S/C24H19FN2O4/c1-30-17-11-7-10-16(14-17)26-23(28)20-21(18-12-5-6-13-19(18)25)27(31-22(20)24(26)29)15-8-3-2-4-9-15/h2-14,20-22H,1H3/t20-,21+,22-/m1/s1. The quantitative estimate of drug-likeness (QED) is 0.602. The lowest BCUT2D eigenvalue weighted by atomic mass is 9.90. The number of anilines is 2. The van der Waals surface area contributed by atoms with Gasteiger partial charge in [-0.2, -0.15) is 0 Å². The summed E-state index contributed by atoms with van der Waals surface area (Å²) in [6.07, 6.45) is -1.05. The zero-order valence-corrected chi connectivity index (χ0v) is 16.6. The largest absolute Gasteiger partial charge is 0.497 e. The highest BCUT2D eigenvalue weighted by molar-refractivity contribution is 6.24. The molecule has 2 heterocycles. The van der Waals surface area contributed by atoms with E-state index in [1.165, 1.54) is 18.2 Å². The molecule has 2 fully saturated rings. The van der Waals surface area contributed by atoms with Crippen molar-refractivity contribution >= 4 is 23.2 Å². The average Bonchev–Trinajstić information content (AvgIpc) is 3.31. The van der Waals surface area contributed by atoms with Crippen molar-refractivity contribution in [2.75, 3.05) is 17.1 Å². The van der Waals surface area contributed by atoms with Crippen LogP contribution >= 0.6 is 0 Å². The number of carbonyl (C=O) groups is 2. The maximum absolute atomic E-state index is 14.8. The highest BCUT2D eigenvalue weighted by atomic mass is 19.1. The zero-order valence-electron chi connectivity index (χ0n) is 16.6. The first-order valence-corrected chi connectivity index (χ1v) is 9.87. The molecule has 2 aliphatic heterocycles. The molecule has 0 aliphatic carbocycles. The molecular formula is C24H19FN2O4. The lowest BCUT2D eigenvalue weighted by Gasteiger charge is -2.29. The molecule has 156 valence electrons. The molecule has 3 aromatic carbocycles. The molecule has 3 aromatic rings. The van der Waals surface area contributed by atoms with Crippen LogP contribution in [0.15, 0.2) is 78.9 Å². The van der Waals surface area contributed by atoms with Gasteiger partial charge in [-0.3, -0.25) is 14.4 Å². The van der Waals surface area contributed by atoms with Crippen molar-refractivity contribution in [2.24, 2.45) is 5.92 Å². The van der Waals surface area contributed by atoms with Gasteiger partial charge in [0.2, 0.25) is 5.91 Å². The summed E-state index contributed by atoms with van der Waals surface area (Å²) in [5, 5.41) is 1.48. The number of fused-ring (bicyclic) bond motifs is 1. The van der Waals surface area contributed by atoms with Crippen LogP contribution in [0.3, 0.4) is 0 Å². The summed E-state index contributed by atoms with van der Waals surface area (Å²) >= 11 is 0. The Hall–Kier alpha value is -3.71. The molecule has 0 aromatic heterocycles. The maximum atomic E-state index is 14.8. The van der Waals surface area contributed by atoms with Crippen molar-refractivity contribution < 1.29 is 23.6 Å². The number of rotatable bonds is 4. The minimum absolute atomic E-state index is 0.299. The third kappa shape index (κ3) is 3.05. The normalized spacial score (nSPS) is 22.7. The molecule has 3 atom stereocenters. The van der Waals surface area contributed by atoms with E-state index < -0.39 is 35.7 Å². The molecule has 0 radical (unpaired) electrons. The predicted molar refractivity (Wildman–Crippen MR) is 112 cm³/mol. The molecule has 2 saturated heterocycles. The second kappa shape index (κ2) is 7.52. The number of hydroxylamine groups is 1. The van der Waals surface area contributed by atoms with Crippen LogP contribution in [0.1, 0.15) is 11.6 Å². The molecule has 6 nitrogen and oxygen atoms in total. The summed E-state index contributed by atoms with van der Waals surface area (Å²) in [5.74, 6) is -1.75. The minimum Gasteiger partial charge on any atom is -0.497 e. The van der Waals surface area contributed by atoms with Crippen molar-refractivity contribution in [2.45, 2.75) is 12.1 Å². The van der Waals surface area contributed by atoms with Gasteiger partial charge in [0.05, 0.1) is 24.5 Å². The first-order valence-electron chi connectivity index (χ1n) is 9.87. The molecule has 0 bridgehead atoms. The lowest BCUT2D eigenvalue weighted by Crippen LogP contribution is -2.37. The SMILES string of the molecule is COc1cccc(N2C(=O)[C@H]3[C@@H](ON(c4ccccc4)[C@H]3c3ccccc3F)C2=O)c1. The van der Waals surface area contributed by atoms with Crippen LogP contribution in [0, 0.1) is 11.7 Å². The third-order valence-corrected chi connectivity index (χ3v) is 5.66. The summed E-state index contributed by atoms with van der Waals surface area (Å²) in [5.41, 5.74) is 1.33. The van der Waals surface area contributed by atoms with Crippen molar-refractivity contribution in [1.29, 1.82) is 0 Å². The van der Waals surface area contributed by atoms with Crippen LogP contribution in [0.25, 0.3) is 0 Å². The summed E-state index contributed by atoms with van der Waals surface area (Å²) in [6.45, 7) is 0.